The van der Waals surface area contributed by atoms with Gasteiger partial charge in [-0.15, -0.1) is 0 Å². The van der Waals surface area contributed by atoms with Crippen molar-refractivity contribution in [1.29, 1.82) is 10.7 Å². The zero-order valence-electron chi connectivity index (χ0n) is 16.6. The maximum Gasteiger partial charge on any atom is 0.263 e. The molecule has 1 aliphatic rings. The lowest BCUT2D eigenvalue weighted by Crippen LogP contribution is -2.30. The van der Waals surface area contributed by atoms with Crippen molar-refractivity contribution in [3.05, 3.63) is 75.9 Å². The molecule has 31 heavy (non-hydrogen) atoms. The van der Waals surface area contributed by atoms with Gasteiger partial charge in [-0.2, -0.15) is 5.26 Å². The van der Waals surface area contributed by atoms with Gasteiger partial charge in [0.15, 0.2) is 0 Å². The van der Waals surface area contributed by atoms with Crippen molar-refractivity contribution in [2.75, 3.05) is 5.32 Å². The van der Waals surface area contributed by atoms with Gasteiger partial charge in [0.1, 0.15) is 40.6 Å². The Morgan fingerprint density at radius 1 is 1.32 bits per heavy atom. The van der Waals surface area contributed by atoms with E-state index in [4.69, 9.17) is 5.41 Å². The van der Waals surface area contributed by atoms with Crippen LogP contribution >= 0.6 is 0 Å². The lowest BCUT2D eigenvalue weighted by molar-refractivity contribution is 0.318. The number of H-pyrrole nitrogens is 1. The smallest absolute Gasteiger partial charge is 0.263 e. The molecule has 3 atom stereocenters. The minimum Gasteiger partial charge on any atom is -0.363 e. The quantitative estimate of drug-likeness (QED) is 0.522. The highest BCUT2D eigenvalue weighted by molar-refractivity contribution is 6.12. The summed E-state index contributed by atoms with van der Waals surface area (Å²) >= 11 is 0. The van der Waals surface area contributed by atoms with Gasteiger partial charge in [-0.1, -0.05) is 0 Å². The minimum atomic E-state index is -0.580. The highest BCUT2D eigenvalue weighted by atomic mass is 19.1. The SMILES string of the molecule is CC(Nc1nc(C2CCC2c2ncccn2)[nH]c(=O)c1C(=N)C#N)c1cncc(F)c1. The first-order chi connectivity index (χ1) is 15.0. The fraction of sp³-hybridized carbons (Fsp3) is 0.286. The van der Waals surface area contributed by atoms with Crippen molar-refractivity contribution >= 4 is 11.5 Å². The molecule has 0 amide bonds. The van der Waals surface area contributed by atoms with Gasteiger partial charge in [-0.3, -0.25) is 15.2 Å². The molecule has 1 aliphatic carbocycles. The molecule has 0 radical (unpaired) electrons. The van der Waals surface area contributed by atoms with E-state index in [1.54, 1.807) is 31.5 Å². The summed E-state index contributed by atoms with van der Waals surface area (Å²) in [6, 6.07) is 4.28. The third-order valence-corrected chi connectivity index (χ3v) is 5.42. The van der Waals surface area contributed by atoms with Crippen molar-refractivity contribution in [1.82, 2.24) is 24.9 Å². The van der Waals surface area contributed by atoms with Crippen molar-refractivity contribution in [2.24, 2.45) is 0 Å². The molecule has 0 saturated heterocycles. The standard InChI is InChI=1S/C21H19FN8O/c1-11(12-7-13(22)10-25-9-12)28-20-17(16(24)8-23)21(31)30-19(29-20)15-4-3-14(15)18-26-5-2-6-27-18/h2,5-7,9-11,14-15,24H,3-4H2,1H3,(H2,28,29,30,31). The fourth-order valence-corrected chi connectivity index (χ4v) is 3.65. The summed E-state index contributed by atoms with van der Waals surface area (Å²) in [6.45, 7) is 1.75. The van der Waals surface area contributed by atoms with Crippen LogP contribution in [0, 0.1) is 22.6 Å². The predicted molar refractivity (Wildman–Crippen MR) is 110 cm³/mol. The van der Waals surface area contributed by atoms with Crippen LogP contribution in [-0.4, -0.2) is 30.6 Å². The first-order valence-corrected chi connectivity index (χ1v) is 9.75. The summed E-state index contributed by atoms with van der Waals surface area (Å²) < 4.78 is 13.6. The Balaban J connectivity index is 1.71. The zero-order chi connectivity index (χ0) is 22.0. The maximum atomic E-state index is 13.6. The van der Waals surface area contributed by atoms with Gasteiger partial charge >= 0.3 is 0 Å². The monoisotopic (exact) mass is 418 g/mol. The van der Waals surface area contributed by atoms with Crippen LogP contribution in [0.5, 0.6) is 0 Å². The normalized spacial score (nSPS) is 18.5. The fourth-order valence-electron chi connectivity index (χ4n) is 3.65. The van der Waals surface area contributed by atoms with E-state index in [9.17, 15) is 14.4 Å². The number of hydrogen-bond donors (Lipinski definition) is 3. The van der Waals surface area contributed by atoms with Gasteiger partial charge in [-0.25, -0.2) is 19.3 Å². The lowest BCUT2D eigenvalue weighted by Gasteiger charge is -2.34. The van der Waals surface area contributed by atoms with Gasteiger partial charge in [0.2, 0.25) is 0 Å². The van der Waals surface area contributed by atoms with E-state index in [0.717, 1.165) is 19.0 Å². The summed E-state index contributed by atoms with van der Waals surface area (Å²) in [4.78, 5) is 32.5. The van der Waals surface area contributed by atoms with Crippen molar-refractivity contribution < 1.29 is 4.39 Å². The van der Waals surface area contributed by atoms with Gasteiger partial charge in [0.05, 0.1) is 12.2 Å². The average Bonchev–Trinajstić information content (AvgIpc) is 2.73. The Labute approximate surface area is 177 Å². The summed E-state index contributed by atoms with van der Waals surface area (Å²) in [5.41, 5.74) is -0.710. The number of pyridine rings is 1. The van der Waals surface area contributed by atoms with E-state index in [0.29, 0.717) is 17.2 Å². The Morgan fingerprint density at radius 3 is 2.71 bits per heavy atom. The minimum absolute atomic E-state index is 0.0170. The topological polar surface area (TPSA) is 144 Å². The van der Waals surface area contributed by atoms with E-state index in [1.807, 2.05) is 0 Å². The van der Waals surface area contributed by atoms with Crippen molar-refractivity contribution in [3.8, 4) is 6.07 Å². The molecule has 4 rings (SSSR count). The molecule has 1 saturated carbocycles. The van der Waals surface area contributed by atoms with Crippen molar-refractivity contribution in [3.63, 3.8) is 0 Å². The number of halogens is 1. The Bertz CT molecular complexity index is 1220. The lowest BCUT2D eigenvalue weighted by atomic mass is 9.72. The van der Waals surface area contributed by atoms with Crippen LogP contribution in [-0.2, 0) is 0 Å². The average molecular weight is 418 g/mol. The van der Waals surface area contributed by atoms with E-state index < -0.39 is 23.1 Å². The van der Waals surface area contributed by atoms with Gasteiger partial charge in [0, 0.05) is 30.4 Å². The number of nitrogens with one attached hydrogen (secondary N) is 3. The first kappa shape index (κ1) is 20.3. The Hall–Kier alpha value is -4.00. The highest BCUT2D eigenvalue weighted by Crippen LogP contribution is 2.46. The molecular formula is C21H19FN8O. The van der Waals surface area contributed by atoms with Crippen LogP contribution in [0.25, 0.3) is 0 Å². The molecule has 0 aromatic carbocycles. The number of hydrogen-bond acceptors (Lipinski definition) is 8. The number of anilines is 1. The molecule has 10 heteroatoms. The molecule has 3 N–H and O–H groups in total. The Kier molecular flexibility index (Phi) is 5.49. The molecule has 0 aliphatic heterocycles. The van der Waals surface area contributed by atoms with Gasteiger partial charge < -0.3 is 10.3 Å². The van der Waals surface area contributed by atoms with E-state index in [2.05, 4.69) is 30.2 Å². The summed E-state index contributed by atoms with van der Waals surface area (Å²) in [5, 5.41) is 20.1. The second-order valence-electron chi connectivity index (χ2n) is 7.36. The summed E-state index contributed by atoms with van der Waals surface area (Å²) in [5.74, 6) is 0.659. The molecule has 0 bridgehead atoms. The van der Waals surface area contributed by atoms with Crippen LogP contribution in [0.4, 0.5) is 10.2 Å². The summed E-state index contributed by atoms with van der Waals surface area (Å²) in [6.07, 6.45) is 7.60. The number of aromatic amines is 1. The maximum absolute atomic E-state index is 13.6. The first-order valence-electron chi connectivity index (χ1n) is 9.75. The number of aromatic nitrogens is 5. The number of rotatable bonds is 6. The second kappa shape index (κ2) is 8.39. The van der Waals surface area contributed by atoms with Crippen LogP contribution in [0.2, 0.25) is 0 Å². The molecule has 3 aromatic heterocycles. The van der Waals surface area contributed by atoms with Crippen LogP contribution < -0.4 is 10.9 Å². The third kappa shape index (κ3) is 4.02. The van der Waals surface area contributed by atoms with Crippen LogP contribution in [0.3, 0.4) is 0 Å². The van der Waals surface area contributed by atoms with Gasteiger partial charge in [0.25, 0.3) is 5.56 Å². The van der Waals surface area contributed by atoms with Gasteiger partial charge in [-0.05, 0) is 37.5 Å². The summed E-state index contributed by atoms with van der Waals surface area (Å²) in [7, 11) is 0. The molecule has 3 aromatic rings. The molecule has 156 valence electrons. The molecule has 3 unspecified atom stereocenters. The largest absolute Gasteiger partial charge is 0.363 e. The predicted octanol–water partition coefficient (Wildman–Crippen LogP) is 2.82. The van der Waals surface area contributed by atoms with Crippen LogP contribution in [0.15, 0.2) is 41.7 Å². The van der Waals surface area contributed by atoms with E-state index >= 15 is 0 Å². The molecule has 1 fully saturated rings. The van der Waals surface area contributed by atoms with E-state index in [1.165, 1.54) is 12.3 Å². The highest BCUT2D eigenvalue weighted by Gasteiger charge is 2.37. The zero-order valence-corrected chi connectivity index (χ0v) is 16.6. The Morgan fingerprint density at radius 2 is 2.06 bits per heavy atom. The molecule has 9 nitrogen and oxygen atoms in total. The van der Waals surface area contributed by atoms with Crippen molar-refractivity contribution in [2.45, 2.75) is 37.6 Å². The molecule has 0 spiro atoms. The second-order valence-corrected chi connectivity index (χ2v) is 7.36. The number of nitrogens with zero attached hydrogens (tertiary/aromatic N) is 5. The third-order valence-electron chi connectivity index (χ3n) is 5.42. The number of nitriles is 1. The van der Waals surface area contributed by atoms with Crippen LogP contribution in [0.1, 0.15) is 60.4 Å². The molecular weight excluding hydrogens is 399 g/mol. The van der Waals surface area contributed by atoms with E-state index in [-0.39, 0.29) is 23.2 Å². The molecule has 3 heterocycles.